The normalized spacial score (nSPS) is 20.2. The van der Waals surface area contributed by atoms with Crippen molar-refractivity contribution in [2.45, 2.75) is 64.5 Å². The molecule has 0 saturated carbocycles. The highest BCUT2D eigenvalue weighted by Gasteiger charge is 2.22. The van der Waals surface area contributed by atoms with E-state index >= 15 is 0 Å². The standard InChI is InChI=1S/C16H25N/c1-3-4-5-8-13(2)17-16-12-11-14-9-6-7-10-15(14)16/h6-7,9-10,13,16-17H,3-5,8,11-12H2,1-2H3. The molecule has 2 rings (SSSR count). The van der Waals surface area contributed by atoms with Gasteiger partial charge < -0.3 is 5.32 Å². The molecule has 0 saturated heterocycles. The van der Waals surface area contributed by atoms with Crippen LogP contribution in [0.2, 0.25) is 0 Å². The van der Waals surface area contributed by atoms with E-state index in [0.29, 0.717) is 12.1 Å². The number of hydrogen-bond donors (Lipinski definition) is 1. The van der Waals surface area contributed by atoms with Crippen LogP contribution < -0.4 is 5.32 Å². The fraction of sp³-hybridized carbons (Fsp3) is 0.625. The molecule has 0 amide bonds. The number of hydrogen-bond acceptors (Lipinski definition) is 1. The minimum atomic E-state index is 0.600. The second-order valence-electron chi connectivity index (χ2n) is 5.35. The minimum absolute atomic E-state index is 0.600. The first-order valence-corrected chi connectivity index (χ1v) is 7.15. The second-order valence-corrected chi connectivity index (χ2v) is 5.35. The third-order valence-corrected chi connectivity index (χ3v) is 3.86. The summed E-state index contributed by atoms with van der Waals surface area (Å²) in [5.74, 6) is 0. The molecule has 0 aromatic heterocycles. The number of unbranched alkanes of at least 4 members (excludes halogenated alkanes) is 2. The van der Waals surface area contributed by atoms with Gasteiger partial charge in [0, 0.05) is 12.1 Å². The van der Waals surface area contributed by atoms with Gasteiger partial charge in [-0.05, 0) is 37.3 Å². The largest absolute Gasteiger partial charge is 0.307 e. The SMILES string of the molecule is CCCCCC(C)NC1CCc2ccccc21. The minimum Gasteiger partial charge on any atom is -0.307 e. The predicted octanol–water partition coefficient (Wildman–Crippen LogP) is 4.23. The number of nitrogens with one attached hydrogen (secondary N) is 1. The highest BCUT2D eigenvalue weighted by molar-refractivity contribution is 5.34. The molecule has 0 heterocycles. The van der Waals surface area contributed by atoms with Gasteiger partial charge in [-0.25, -0.2) is 0 Å². The summed E-state index contributed by atoms with van der Waals surface area (Å²) < 4.78 is 0. The van der Waals surface area contributed by atoms with E-state index < -0.39 is 0 Å². The van der Waals surface area contributed by atoms with Gasteiger partial charge in [-0.3, -0.25) is 0 Å². The molecular weight excluding hydrogens is 206 g/mol. The highest BCUT2D eigenvalue weighted by Crippen LogP contribution is 2.31. The molecule has 17 heavy (non-hydrogen) atoms. The third kappa shape index (κ3) is 3.32. The van der Waals surface area contributed by atoms with Crippen LogP contribution in [0.3, 0.4) is 0 Å². The third-order valence-electron chi connectivity index (χ3n) is 3.86. The number of fused-ring (bicyclic) bond motifs is 1. The van der Waals surface area contributed by atoms with Crippen molar-refractivity contribution in [2.24, 2.45) is 0 Å². The van der Waals surface area contributed by atoms with Crippen LogP contribution in [0.5, 0.6) is 0 Å². The van der Waals surface area contributed by atoms with Gasteiger partial charge >= 0.3 is 0 Å². The Balaban J connectivity index is 1.84. The molecule has 0 radical (unpaired) electrons. The zero-order valence-electron chi connectivity index (χ0n) is 11.2. The lowest BCUT2D eigenvalue weighted by molar-refractivity contribution is 0.421. The Hall–Kier alpha value is -0.820. The zero-order chi connectivity index (χ0) is 12.1. The zero-order valence-corrected chi connectivity index (χ0v) is 11.2. The molecule has 0 fully saturated rings. The van der Waals surface area contributed by atoms with E-state index in [1.54, 1.807) is 5.56 Å². The Kier molecular flexibility index (Phi) is 4.61. The molecule has 1 nitrogen and oxygen atoms in total. The van der Waals surface area contributed by atoms with Crippen molar-refractivity contribution in [3.05, 3.63) is 35.4 Å². The van der Waals surface area contributed by atoms with Gasteiger partial charge in [-0.15, -0.1) is 0 Å². The van der Waals surface area contributed by atoms with Crippen LogP contribution in [0, 0.1) is 0 Å². The summed E-state index contributed by atoms with van der Waals surface area (Å²) in [6, 6.07) is 10.1. The van der Waals surface area contributed by atoms with Crippen molar-refractivity contribution in [1.82, 2.24) is 5.32 Å². The predicted molar refractivity (Wildman–Crippen MR) is 74.2 cm³/mol. The molecule has 0 spiro atoms. The lowest BCUT2D eigenvalue weighted by Gasteiger charge is -2.20. The molecule has 1 aromatic carbocycles. The van der Waals surface area contributed by atoms with Gasteiger partial charge in [-0.2, -0.15) is 0 Å². The maximum Gasteiger partial charge on any atom is 0.0328 e. The molecule has 1 aliphatic carbocycles. The van der Waals surface area contributed by atoms with Crippen molar-refractivity contribution >= 4 is 0 Å². The summed E-state index contributed by atoms with van der Waals surface area (Å²) in [5, 5.41) is 3.79. The first-order chi connectivity index (χ1) is 8.31. The fourth-order valence-corrected chi connectivity index (χ4v) is 2.86. The van der Waals surface area contributed by atoms with Crippen LogP contribution in [-0.2, 0) is 6.42 Å². The van der Waals surface area contributed by atoms with E-state index in [1.807, 2.05) is 0 Å². The number of aryl methyl sites for hydroxylation is 1. The fourth-order valence-electron chi connectivity index (χ4n) is 2.86. The van der Waals surface area contributed by atoms with E-state index in [-0.39, 0.29) is 0 Å². The smallest absolute Gasteiger partial charge is 0.0328 e. The Bertz CT molecular complexity index is 345. The number of rotatable bonds is 6. The van der Waals surface area contributed by atoms with Crippen molar-refractivity contribution in [1.29, 1.82) is 0 Å². The van der Waals surface area contributed by atoms with E-state index in [4.69, 9.17) is 0 Å². The summed E-state index contributed by atoms with van der Waals surface area (Å²) in [6.45, 7) is 4.60. The lowest BCUT2D eigenvalue weighted by atomic mass is 10.1. The van der Waals surface area contributed by atoms with Gasteiger partial charge in [-0.1, -0.05) is 50.5 Å². The van der Waals surface area contributed by atoms with Gasteiger partial charge in [0.2, 0.25) is 0 Å². The lowest BCUT2D eigenvalue weighted by Crippen LogP contribution is -2.29. The molecule has 1 heteroatoms. The molecule has 1 aromatic rings. The van der Waals surface area contributed by atoms with E-state index in [1.165, 1.54) is 44.1 Å². The van der Waals surface area contributed by atoms with Gasteiger partial charge in [0.1, 0.15) is 0 Å². The molecule has 0 bridgehead atoms. The van der Waals surface area contributed by atoms with Crippen LogP contribution in [0.25, 0.3) is 0 Å². The maximum absolute atomic E-state index is 3.79. The van der Waals surface area contributed by atoms with Gasteiger partial charge in [0.15, 0.2) is 0 Å². The summed E-state index contributed by atoms with van der Waals surface area (Å²) in [6.07, 6.45) is 7.88. The summed E-state index contributed by atoms with van der Waals surface area (Å²) >= 11 is 0. The summed E-state index contributed by atoms with van der Waals surface area (Å²) in [5.41, 5.74) is 3.08. The van der Waals surface area contributed by atoms with Crippen LogP contribution in [0.15, 0.2) is 24.3 Å². The van der Waals surface area contributed by atoms with E-state index in [9.17, 15) is 0 Å². The Morgan fingerprint density at radius 3 is 2.94 bits per heavy atom. The average Bonchev–Trinajstić information content (AvgIpc) is 2.73. The first kappa shape index (κ1) is 12.6. The van der Waals surface area contributed by atoms with Crippen LogP contribution in [0.4, 0.5) is 0 Å². The Morgan fingerprint density at radius 2 is 2.12 bits per heavy atom. The molecule has 2 unspecified atom stereocenters. The van der Waals surface area contributed by atoms with Crippen LogP contribution in [-0.4, -0.2) is 6.04 Å². The van der Waals surface area contributed by atoms with E-state index in [2.05, 4.69) is 43.4 Å². The average molecular weight is 231 g/mol. The topological polar surface area (TPSA) is 12.0 Å². The molecular formula is C16H25N. The summed E-state index contributed by atoms with van der Waals surface area (Å²) in [7, 11) is 0. The molecule has 1 N–H and O–H groups in total. The van der Waals surface area contributed by atoms with Crippen molar-refractivity contribution in [3.8, 4) is 0 Å². The monoisotopic (exact) mass is 231 g/mol. The molecule has 1 aliphatic rings. The highest BCUT2D eigenvalue weighted by atomic mass is 14.9. The summed E-state index contributed by atoms with van der Waals surface area (Å²) in [4.78, 5) is 0. The molecule has 0 aliphatic heterocycles. The van der Waals surface area contributed by atoms with Crippen molar-refractivity contribution in [2.75, 3.05) is 0 Å². The van der Waals surface area contributed by atoms with Gasteiger partial charge in [0.05, 0.1) is 0 Å². The van der Waals surface area contributed by atoms with Gasteiger partial charge in [0.25, 0.3) is 0 Å². The van der Waals surface area contributed by atoms with Crippen molar-refractivity contribution < 1.29 is 0 Å². The molecule has 94 valence electrons. The maximum atomic E-state index is 3.79. The number of benzene rings is 1. The van der Waals surface area contributed by atoms with Crippen molar-refractivity contribution in [3.63, 3.8) is 0 Å². The quantitative estimate of drug-likeness (QED) is 0.722. The van der Waals surface area contributed by atoms with E-state index in [0.717, 1.165) is 0 Å². The first-order valence-electron chi connectivity index (χ1n) is 7.15. The second kappa shape index (κ2) is 6.20. The Labute approximate surface area is 106 Å². The van der Waals surface area contributed by atoms with Crippen LogP contribution in [0.1, 0.15) is 63.1 Å². The van der Waals surface area contributed by atoms with Crippen LogP contribution >= 0.6 is 0 Å². The molecule has 2 atom stereocenters. The Morgan fingerprint density at radius 1 is 1.29 bits per heavy atom.